The van der Waals surface area contributed by atoms with Gasteiger partial charge in [0.1, 0.15) is 11.9 Å². The molecule has 0 aliphatic carbocycles. The van der Waals surface area contributed by atoms with Crippen LogP contribution in [0, 0.1) is 6.92 Å². The van der Waals surface area contributed by atoms with E-state index in [4.69, 9.17) is 14.5 Å². The standard InChI is InChI=1S/C23H39N5O2/c1-4-24-23(25-9-12-28-11-5-10-27(3)13-14-28)26-17-20-7-6-19(2)16-22(20)30-21-8-15-29-18-21/h6-7,16,21H,4-5,8-15,17-18H2,1-3H3,(H2,24,25,26). The quantitative estimate of drug-likeness (QED) is 0.497. The van der Waals surface area contributed by atoms with Crippen molar-refractivity contribution in [1.82, 2.24) is 20.4 Å². The summed E-state index contributed by atoms with van der Waals surface area (Å²) in [6.07, 6.45) is 2.34. The fourth-order valence-corrected chi connectivity index (χ4v) is 3.85. The molecule has 30 heavy (non-hydrogen) atoms. The monoisotopic (exact) mass is 417 g/mol. The van der Waals surface area contributed by atoms with Crippen LogP contribution in [0.5, 0.6) is 5.75 Å². The maximum absolute atomic E-state index is 6.21. The van der Waals surface area contributed by atoms with E-state index in [-0.39, 0.29) is 6.10 Å². The number of benzene rings is 1. The molecule has 2 fully saturated rings. The lowest BCUT2D eigenvalue weighted by Crippen LogP contribution is -2.42. The molecule has 0 saturated carbocycles. The second kappa shape index (κ2) is 12.1. The molecule has 7 nitrogen and oxygen atoms in total. The molecule has 3 rings (SSSR count). The van der Waals surface area contributed by atoms with Crippen LogP contribution < -0.4 is 15.4 Å². The molecule has 1 aromatic carbocycles. The summed E-state index contributed by atoms with van der Waals surface area (Å²) >= 11 is 0. The Morgan fingerprint density at radius 3 is 2.93 bits per heavy atom. The van der Waals surface area contributed by atoms with Gasteiger partial charge in [0.25, 0.3) is 0 Å². The largest absolute Gasteiger partial charge is 0.488 e. The Bertz CT molecular complexity index is 676. The first kappa shape index (κ1) is 22.8. The number of nitrogens with zero attached hydrogens (tertiary/aromatic N) is 3. The summed E-state index contributed by atoms with van der Waals surface area (Å²) in [4.78, 5) is 9.77. The number of ether oxygens (including phenoxy) is 2. The maximum Gasteiger partial charge on any atom is 0.191 e. The molecule has 0 spiro atoms. The van der Waals surface area contributed by atoms with Gasteiger partial charge in [-0.3, -0.25) is 0 Å². The number of aliphatic imine (C=N–C) groups is 1. The Morgan fingerprint density at radius 2 is 2.13 bits per heavy atom. The first-order valence-electron chi connectivity index (χ1n) is 11.4. The third-order valence-corrected chi connectivity index (χ3v) is 5.69. The van der Waals surface area contributed by atoms with Gasteiger partial charge in [-0.05, 0) is 52.0 Å². The lowest BCUT2D eigenvalue weighted by molar-refractivity contribution is 0.140. The predicted molar refractivity (Wildman–Crippen MR) is 122 cm³/mol. The van der Waals surface area contributed by atoms with Crippen LogP contribution in [-0.2, 0) is 11.3 Å². The molecule has 2 aliphatic rings. The number of guanidine groups is 1. The number of hydrogen-bond donors (Lipinski definition) is 2. The molecular weight excluding hydrogens is 378 g/mol. The second-order valence-corrected chi connectivity index (χ2v) is 8.34. The van der Waals surface area contributed by atoms with Crippen molar-refractivity contribution in [3.63, 3.8) is 0 Å². The number of rotatable bonds is 8. The topological polar surface area (TPSA) is 61.4 Å². The number of nitrogens with one attached hydrogen (secondary N) is 2. The summed E-state index contributed by atoms with van der Waals surface area (Å²) in [5, 5.41) is 6.86. The number of hydrogen-bond acceptors (Lipinski definition) is 5. The van der Waals surface area contributed by atoms with Crippen LogP contribution in [-0.4, -0.2) is 87.9 Å². The Kier molecular flexibility index (Phi) is 9.24. The van der Waals surface area contributed by atoms with Crippen molar-refractivity contribution in [1.29, 1.82) is 0 Å². The normalized spacial score (nSPS) is 21.4. The third-order valence-electron chi connectivity index (χ3n) is 5.69. The minimum absolute atomic E-state index is 0.147. The summed E-state index contributed by atoms with van der Waals surface area (Å²) in [5.74, 6) is 1.79. The van der Waals surface area contributed by atoms with Gasteiger partial charge in [0, 0.05) is 44.7 Å². The summed E-state index contributed by atoms with van der Waals surface area (Å²) < 4.78 is 11.7. The minimum Gasteiger partial charge on any atom is -0.488 e. The average molecular weight is 418 g/mol. The molecule has 7 heteroatoms. The van der Waals surface area contributed by atoms with Crippen molar-refractivity contribution in [2.75, 3.05) is 66.1 Å². The van der Waals surface area contributed by atoms with Crippen LogP contribution in [0.2, 0.25) is 0 Å². The van der Waals surface area contributed by atoms with E-state index < -0.39 is 0 Å². The average Bonchev–Trinajstić information content (AvgIpc) is 3.15. The zero-order valence-electron chi connectivity index (χ0n) is 19.0. The van der Waals surface area contributed by atoms with E-state index in [1.807, 2.05) is 0 Å². The van der Waals surface area contributed by atoms with Crippen LogP contribution in [0.1, 0.15) is 30.9 Å². The van der Waals surface area contributed by atoms with E-state index in [9.17, 15) is 0 Å². The smallest absolute Gasteiger partial charge is 0.191 e. The molecule has 2 N–H and O–H groups in total. The highest BCUT2D eigenvalue weighted by Gasteiger charge is 2.19. The van der Waals surface area contributed by atoms with Gasteiger partial charge in [-0.15, -0.1) is 0 Å². The number of aryl methyl sites for hydroxylation is 1. The van der Waals surface area contributed by atoms with Crippen molar-refractivity contribution in [3.05, 3.63) is 29.3 Å². The summed E-state index contributed by atoms with van der Waals surface area (Å²) in [6, 6.07) is 6.36. The molecule has 0 amide bonds. The van der Waals surface area contributed by atoms with Crippen LogP contribution >= 0.6 is 0 Å². The van der Waals surface area contributed by atoms with Crippen LogP contribution in [0.25, 0.3) is 0 Å². The van der Waals surface area contributed by atoms with E-state index in [0.29, 0.717) is 13.2 Å². The predicted octanol–water partition coefficient (Wildman–Crippen LogP) is 1.86. The first-order chi connectivity index (χ1) is 14.6. The van der Waals surface area contributed by atoms with Crippen molar-refractivity contribution < 1.29 is 9.47 Å². The summed E-state index contributed by atoms with van der Waals surface area (Å²) in [6.45, 7) is 13.7. The Morgan fingerprint density at radius 1 is 1.23 bits per heavy atom. The molecule has 1 unspecified atom stereocenters. The van der Waals surface area contributed by atoms with Gasteiger partial charge in [0.2, 0.25) is 0 Å². The lowest BCUT2D eigenvalue weighted by Gasteiger charge is -2.21. The van der Waals surface area contributed by atoms with Crippen LogP contribution in [0.15, 0.2) is 23.2 Å². The van der Waals surface area contributed by atoms with Gasteiger partial charge >= 0.3 is 0 Å². The molecule has 0 aromatic heterocycles. The summed E-state index contributed by atoms with van der Waals surface area (Å²) in [5.41, 5.74) is 2.31. The van der Waals surface area contributed by atoms with Crippen molar-refractivity contribution in [3.8, 4) is 5.75 Å². The number of likely N-dealkylation sites (N-methyl/N-ethyl adjacent to an activating group) is 1. The molecule has 2 saturated heterocycles. The third kappa shape index (κ3) is 7.45. The van der Waals surface area contributed by atoms with Crippen LogP contribution in [0.4, 0.5) is 0 Å². The van der Waals surface area contributed by atoms with Gasteiger partial charge in [-0.1, -0.05) is 12.1 Å². The van der Waals surface area contributed by atoms with Gasteiger partial charge in [0.15, 0.2) is 5.96 Å². The maximum atomic E-state index is 6.21. The minimum atomic E-state index is 0.147. The second-order valence-electron chi connectivity index (χ2n) is 8.34. The molecule has 168 valence electrons. The molecule has 1 atom stereocenters. The Hall–Kier alpha value is -1.83. The van der Waals surface area contributed by atoms with Gasteiger partial charge < -0.3 is 29.9 Å². The SMILES string of the molecule is CCNC(=NCc1ccc(C)cc1OC1CCOC1)NCCN1CCCN(C)CC1. The van der Waals surface area contributed by atoms with Gasteiger partial charge in [-0.25, -0.2) is 4.99 Å². The van der Waals surface area contributed by atoms with Crippen molar-refractivity contribution in [2.45, 2.75) is 39.3 Å². The van der Waals surface area contributed by atoms with Gasteiger partial charge in [0.05, 0.1) is 19.8 Å². The zero-order valence-corrected chi connectivity index (χ0v) is 19.0. The lowest BCUT2D eigenvalue weighted by atomic mass is 10.1. The van der Waals surface area contributed by atoms with Crippen molar-refractivity contribution in [2.24, 2.45) is 4.99 Å². The highest BCUT2D eigenvalue weighted by molar-refractivity contribution is 5.79. The Balaban J connectivity index is 1.54. The highest BCUT2D eigenvalue weighted by Crippen LogP contribution is 2.24. The molecular formula is C23H39N5O2. The van der Waals surface area contributed by atoms with Crippen LogP contribution in [0.3, 0.4) is 0 Å². The van der Waals surface area contributed by atoms with E-state index in [1.54, 1.807) is 0 Å². The molecule has 0 radical (unpaired) electrons. The van der Waals surface area contributed by atoms with E-state index >= 15 is 0 Å². The highest BCUT2D eigenvalue weighted by atomic mass is 16.5. The molecule has 2 heterocycles. The van der Waals surface area contributed by atoms with Gasteiger partial charge in [-0.2, -0.15) is 0 Å². The molecule has 1 aromatic rings. The first-order valence-corrected chi connectivity index (χ1v) is 11.4. The summed E-state index contributed by atoms with van der Waals surface area (Å²) in [7, 11) is 2.21. The van der Waals surface area contributed by atoms with E-state index in [2.05, 4.69) is 59.5 Å². The van der Waals surface area contributed by atoms with E-state index in [0.717, 1.165) is 63.0 Å². The fourth-order valence-electron chi connectivity index (χ4n) is 3.85. The molecule has 2 aliphatic heterocycles. The fraction of sp³-hybridized carbons (Fsp3) is 0.696. The zero-order chi connectivity index (χ0) is 21.2. The molecule has 0 bridgehead atoms. The van der Waals surface area contributed by atoms with E-state index in [1.165, 1.54) is 25.1 Å². The van der Waals surface area contributed by atoms with Crippen molar-refractivity contribution >= 4 is 5.96 Å². The Labute approximate surface area is 181 Å².